The third kappa shape index (κ3) is 4.58. The second kappa shape index (κ2) is 8.45. The molecular formula is C18H24ClFN4O. The molecule has 0 unspecified atom stereocenters. The summed E-state index contributed by atoms with van der Waals surface area (Å²) in [6.45, 7) is 5.74. The van der Waals surface area contributed by atoms with E-state index in [1.54, 1.807) is 16.8 Å². The first kappa shape index (κ1) is 19.4. The van der Waals surface area contributed by atoms with Crippen molar-refractivity contribution in [1.82, 2.24) is 20.4 Å². The molecular weight excluding hydrogens is 343 g/mol. The van der Waals surface area contributed by atoms with E-state index in [9.17, 15) is 9.18 Å². The summed E-state index contributed by atoms with van der Waals surface area (Å²) in [6, 6.07) is 6.46. The van der Waals surface area contributed by atoms with Gasteiger partial charge >= 0.3 is 0 Å². The maximum Gasteiger partial charge on any atom is 0.224 e. The van der Waals surface area contributed by atoms with Gasteiger partial charge in [-0.15, -0.1) is 12.4 Å². The summed E-state index contributed by atoms with van der Waals surface area (Å²) in [5.41, 5.74) is 3.48. The molecule has 0 bridgehead atoms. The molecule has 0 radical (unpaired) electrons. The topological polar surface area (TPSA) is 59.0 Å². The third-order valence-electron chi connectivity index (χ3n) is 4.55. The van der Waals surface area contributed by atoms with Gasteiger partial charge in [0.1, 0.15) is 5.82 Å². The van der Waals surface area contributed by atoms with E-state index in [1.165, 1.54) is 12.1 Å². The fourth-order valence-electron chi connectivity index (χ4n) is 3.17. The zero-order valence-corrected chi connectivity index (χ0v) is 15.3. The van der Waals surface area contributed by atoms with Gasteiger partial charge in [-0.25, -0.2) is 9.07 Å². The van der Waals surface area contributed by atoms with Gasteiger partial charge in [0.15, 0.2) is 0 Å². The smallest absolute Gasteiger partial charge is 0.224 e. The zero-order chi connectivity index (χ0) is 17.1. The number of piperidine rings is 1. The lowest BCUT2D eigenvalue weighted by atomic mass is 10.1. The van der Waals surface area contributed by atoms with Crippen LogP contribution in [0, 0.1) is 19.7 Å². The highest BCUT2D eigenvalue weighted by atomic mass is 35.5. The lowest BCUT2D eigenvalue weighted by Gasteiger charge is -2.23. The summed E-state index contributed by atoms with van der Waals surface area (Å²) in [5.74, 6) is -0.242. The minimum Gasteiger partial charge on any atom is -0.353 e. The number of aryl methyl sites for hydroxylation is 1. The molecule has 2 N–H and O–H groups in total. The molecule has 1 amide bonds. The summed E-state index contributed by atoms with van der Waals surface area (Å²) in [5, 5.41) is 10.9. The molecule has 1 aromatic heterocycles. The maximum absolute atomic E-state index is 13.1. The molecule has 3 rings (SSSR count). The van der Waals surface area contributed by atoms with Crippen LogP contribution < -0.4 is 10.6 Å². The highest BCUT2D eigenvalue weighted by Gasteiger charge is 2.19. The van der Waals surface area contributed by atoms with E-state index >= 15 is 0 Å². The number of nitrogens with zero attached hydrogens (tertiary/aromatic N) is 2. The largest absolute Gasteiger partial charge is 0.353 e. The van der Waals surface area contributed by atoms with Crippen LogP contribution in [0.1, 0.15) is 29.8 Å². The molecule has 5 nitrogen and oxygen atoms in total. The van der Waals surface area contributed by atoms with Gasteiger partial charge in [0.05, 0.1) is 17.8 Å². The van der Waals surface area contributed by atoms with E-state index in [2.05, 4.69) is 15.7 Å². The molecule has 2 aromatic rings. The molecule has 25 heavy (non-hydrogen) atoms. The van der Waals surface area contributed by atoms with Crippen LogP contribution in [0.4, 0.5) is 4.39 Å². The number of hydrogen-bond acceptors (Lipinski definition) is 3. The van der Waals surface area contributed by atoms with Crippen LogP contribution in [0.5, 0.6) is 0 Å². The number of halogens is 2. The molecule has 2 heterocycles. The molecule has 1 saturated heterocycles. The lowest BCUT2D eigenvalue weighted by Crippen LogP contribution is -2.43. The number of benzene rings is 1. The fourth-order valence-corrected chi connectivity index (χ4v) is 3.17. The van der Waals surface area contributed by atoms with Gasteiger partial charge in [-0.2, -0.15) is 5.10 Å². The number of hydrogen-bond donors (Lipinski definition) is 2. The predicted molar refractivity (Wildman–Crippen MR) is 98.0 cm³/mol. The predicted octanol–water partition coefficient (Wildman–Crippen LogP) is 2.46. The normalized spacial score (nSPS) is 14.8. The summed E-state index contributed by atoms with van der Waals surface area (Å²) in [4.78, 5) is 12.4. The van der Waals surface area contributed by atoms with E-state index in [0.29, 0.717) is 6.42 Å². The van der Waals surface area contributed by atoms with E-state index in [4.69, 9.17) is 0 Å². The van der Waals surface area contributed by atoms with Crippen LogP contribution in [0.2, 0.25) is 0 Å². The Morgan fingerprint density at radius 3 is 2.56 bits per heavy atom. The van der Waals surface area contributed by atoms with Crippen LogP contribution in [0.15, 0.2) is 24.3 Å². The Labute approximate surface area is 153 Å². The Hall–Kier alpha value is -1.92. The Morgan fingerprint density at radius 1 is 1.28 bits per heavy atom. The second-order valence-electron chi connectivity index (χ2n) is 6.31. The van der Waals surface area contributed by atoms with Crippen molar-refractivity contribution in [3.63, 3.8) is 0 Å². The fraction of sp³-hybridized carbons (Fsp3) is 0.444. The van der Waals surface area contributed by atoms with Gasteiger partial charge in [-0.1, -0.05) is 0 Å². The first-order valence-corrected chi connectivity index (χ1v) is 8.35. The highest BCUT2D eigenvalue weighted by molar-refractivity contribution is 5.85. The molecule has 1 aliphatic rings. The summed E-state index contributed by atoms with van der Waals surface area (Å²) in [7, 11) is 0. The molecule has 1 aromatic carbocycles. The molecule has 136 valence electrons. The van der Waals surface area contributed by atoms with Gasteiger partial charge < -0.3 is 10.6 Å². The number of aromatic nitrogens is 2. The summed E-state index contributed by atoms with van der Waals surface area (Å²) >= 11 is 0. The summed E-state index contributed by atoms with van der Waals surface area (Å²) < 4.78 is 14.9. The average Bonchev–Trinajstić information content (AvgIpc) is 2.85. The monoisotopic (exact) mass is 366 g/mol. The van der Waals surface area contributed by atoms with Crippen molar-refractivity contribution in [1.29, 1.82) is 0 Å². The second-order valence-corrected chi connectivity index (χ2v) is 6.31. The number of rotatable bonds is 4. The SMILES string of the molecule is Cc1nn(-c2ccc(F)cc2)c(C)c1CC(=O)NC1CCNCC1.Cl. The number of carbonyl (C=O) groups excluding carboxylic acids is 1. The van der Waals surface area contributed by atoms with Crippen molar-refractivity contribution in [2.45, 2.75) is 39.2 Å². The Balaban J connectivity index is 0.00000225. The average molecular weight is 367 g/mol. The van der Waals surface area contributed by atoms with E-state index < -0.39 is 0 Å². The highest BCUT2D eigenvalue weighted by Crippen LogP contribution is 2.19. The van der Waals surface area contributed by atoms with Crippen molar-refractivity contribution in [2.24, 2.45) is 0 Å². The van der Waals surface area contributed by atoms with Crippen LogP contribution in [-0.2, 0) is 11.2 Å². The number of carbonyl (C=O) groups is 1. The van der Waals surface area contributed by atoms with Crippen molar-refractivity contribution >= 4 is 18.3 Å². The van der Waals surface area contributed by atoms with E-state index in [1.807, 2.05) is 13.8 Å². The molecule has 0 atom stereocenters. The molecule has 1 aliphatic heterocycles. The molecule has 0 spiro atoms. The van der Waals surface area contributed by atoms with E-state index in [0.717, 1.165) is 48.6 Å². The van der Waals surface area contributed by atoms with Crippen molar-refractivity contribution < 1.29 is 9.18 Å². The third-order valence-corrected chi connectivity index (χ3v) is 4.55. The zero-order valence-electron chi connectivity index (χ0n) is 14.5. The minimum absolute atomic E-state index is 0. The quantitative estimate of drug-likeness (QED) is 0.873. The molecule has 0 aliphatic carbocycles. The Kier molecular flexibility index (Phi) is 6.56. The van der Waals surface area contributed by atoms with Crippen LogP contribution >= 0.6 is 12.4 Å². The lowest BCUT2D eigenvalue weighted by molar-refractivity contribution is -0.121. The van der Waals surface area contributed by atoms with Crippen molar-refractivity contribution in [3.05, 3.63) is 47.0 Å². The van der Waals surface area contributed by atoms with Gasteiger partial charge in [0, 0.05) is 17.3 Å². The maximum atomic E-state index is 13.1. The first-order valence-electron chi connectivity index (χ1n) is 8.35. The number of nitrogens with one attached hydrogen (secondary N) is 2. The minimum atomic E-state index is -0.276. The van der Waals surface area contributed by atoms with Gasteiger partial charge in [-0.3, -0.25) is 4.79 Å². The molecule has 0 saturated carbocycles. The molecule has 1 fully saturated rings. The summed E-state index contributed by atoms with van der Waals surface area (Å²) in [6.07, 6.45) is 2.26. The van der Waals surface area contributed by atoms with Gasteiger partial charge in [0.25, 0.3) is 0 Å². The Bertz CT molecular complexity index is 723. The van der Waals surface area contributed by atoms with Crippen LogP contribution in [0.3, 0.4) is 0 Å². The number of amides is 1. The standard InChI is InChI=1S/C18H23FN4O.ClH/c1-12-17(11-18(24)21-15-7-9-20-10-8-15)13(2)23(22-12)16-5-3-14(19)4-6-16;/h3-6,15,20H,7-11H2,1-2H3,(H,21,24);1H. The Morgan fingerprint density at radius 2 is 1.92 bits per heavy atom. The van der Waals surface area contributed by atoms with Crippen molar-refractivity contribution in [2.75, 3.05) is 13.1 Å². The van der Waals surface area contributed by atoms with Gasteiger partial charge in [0.2, 0.25) is 5.91 Å². The van der Waals surface area contributed by atoms with Crippen LogP contribution in [-0.4, -0.2) is 34.8 Å². The van der Waals surface area contributed by atoms with Crippen molar-refractivity contribution in [3.8, 4) is 5.69 Å². The first-order chi connectivity index (χ1) is 11.5. The molecule has 7 heteroatoms. The van der Waals surface area contributed by atoms with Crippen LogP contribution in [0.25, 0.3) is 5.69 Å². The van der Waals surface area contributed by atoms with E-state index in [-0.39, 0.29) is 30.2 Å². The van der Waals surface area contributed by atoms with Gasteiger partial charge in [-0.05, 0) is 64.0 Å².